The van der Waals surface area contributed by atoms with Gasteiger partial charge in [-0.25, -0.2) is 9.18 Å². The lowest BCUT2D eigenvalue weighted by Gasteiger charge is -2.55. The van der Waals surface area contributed by atoms with Gasteiger partial charge in [-0.05, 0) is 31.5 Å². The number of nitrogens with zero attached hydrogens (tertiary/aromatic N) is 4. The number of urea groups is 1. The number of carbonyl (C=O) groups is 4. The summed E-state index contributed by atoms with van der Waals surface area (Å²) in [6.07, 6.45) is 0.356. The predicted molar refractivity (Wildman–Crippen MR) is 127 cm³/mol. The Morgan fingerprint density at radius 1 is 1.26 bits per heavy atom. The standard InChI is InChI=1S/C24H24FN7O6/c1-10-9-32-17-12(7-24(19(32)11(2)37-10)21(34)28-23(36)29-22(24)35)6-14-16(30-38-18(14)15(17)25)20(33)26-8-13-4-5-27-31(13)3/h4-6,10-11,19H,7-9H2,1-3H3,(H,26,33)(H2,28,29,34,35,36)/t10-,11+,19-/m1/s1. The van der Waals surface area contributed by atoms with Crippen molar-refractivity contribution in [2.45, 2.75) is 45.1 Å². The molecule has 5 amide bonds. The Labute approximate surface area is 214 Å². The summed E-state index contributed by atoms with van der Waals surface area (Å²) in [4.78, 5) is 53.1. The second-order valence-electron chi connectivity index (χ2n) is 9.87. The molecule has 3 aliphatic heterocycles. The molecule has 2 saturated heterocycles. The number of barbiturate groups is 1. The summed E-state index contributed by atoms with van der Waals surface area (Å²) in [6.45, 7) is 3.83. The lowest BCUT2D eigenvalue weighted by Crippen LogP contribution is -2.75. The second kappa shape index (κ2) is 8.34. The minimum atomic E-state index is -1.78. The zero-order valence-electron chi connectivity index (χ0n) is 20.7. The summed E-state index contributed by atoms with van der Waals surface area (Å²) in [5.41, 5.74) is -0.955. The number of hydrogen-bond donors (Lipinski definition) is 3. The van der Waals surface area contributed by atoms with E-state index in [9.17, 15) is 19.2 Å². The van der Waals surface area contributed by atoms with E-state index in [0.29, 0.717) is 5.56 Å². The Morgan fingerprint density at radius 3 is 2.68 bits per heavy atom. The maximum Gasteiger partial charge on any atom is 0.328 e. The lowest BCUT2D eigenvalue weighted by molar-refractivity contribution is -0.153. The van der Waals surface area contributed by atoms with Crippen LogP contribution in [-0.4, -0.2) is 63.5 Å². The molecule has 3 atom stereocenters. The summed E-state index contributed by atoms with van der Waals surface area (Å²) in [6, 6.07) is 1.43. The fraction of sp³-hybridized carbons (Fsp3) is 0.417. The molecule has 2 aromatic heterocycles. The number of fused-ring (bicyclic) bond motifs is 5. The smallest absolute Gasteiger partial charge is 0.328 e. The van der Waals surface area contributed by atoms with E-state index in [1.54, 1.807) is 42.7 Å². The Bertz CT molecular complexity index is 1510. The molecule has 2 fully saturated rings. The van der Waals surface area contributed by atoms with Gasteiger partial charge >= 0.3 is 6.03 Å². The number of nitrogens with one attached hydrogen (secondary N) is 3. The zero-order valence-corrected chi connectivity index (χ0v) is 20.7. The van der Waals surface area contributed by atoms with Crippen molar-refractivity contribution in [1.82, 2.24) is 30.9 Å². The van der Waals surface area contributed by atoms with Gasteiger partial charge in [0.25, 0.3) is 5.91 Å². The van der Waals surface area contributed by atoms with Crippen LogP contribution >= 0.6 is 0 Å². The molecule has 3 N–H and O–H groups in total. The molecule has 3 aromatic rings. The maximum atomic E-state index is 16.1. The molecule has 1 spiro atoms. The number of morpholine rings is 1. The summed E-state index contributed by atoms with van der Waals surface area (Å²) >= 11 is 0. The Morgan fingerprint density at radius 2 is 2.00 bits per heavy atom. The van der Waals surface area contributed by atoms with Gasteiger partial charge < -0.3 is 19.5 Å². The Hall–Kier alpha value is -4.33. The number of carbonyl (C=O) groups excluding carboxylic acids is 4. The average molecular weight is 525 g/mol. The molecule has 1 aromatic carbocycles. The third-order valence-corrected chi connectivity index (χ3v) is 7.53. The van der Waals surface area contributed by atoms with Crippen molar-refractivity contribution in [2.24, 2.45) is 12.5 Å². The first-order valence-corrected chi connectivity index (χ1v) is 12.1. The van der Waals surface area contributed by atoms with E-state index in [-0.39, 0.29) is 48.0 Å². The average Bonchev–Trinajstić information content (AvgIpc) is 3.46. The van der Waals surface area contributed by atoms with Crippen molar-refractivity contribution in [3.8, 4) is 0 Å². The number of aryl methyl sites for hydroxylation is 1. The normalized spacial score (nSPS) is 24.2. The maximum absolute atomic E-state index is 16.1. The van der Waals surface area contributed by atoms with E-state index in [0.717, 1.165) is 5.69 Å². The monoisotopic (exact) mass is 525 g/mol. The van der Waals surface area contributed by atoms with Crippen LogP contribution in [0.25, 0.3) is 11.0 Å². The number of anilines is 1. The number of amides is 5. The molecule has 5 heterocycles. The van der Waals surface area contributed by atoms with E-state index in [2.05, 4.69) is 26.2 Å². The van der Waals surface area contributed by atoms with Gasteiger partial charge in [0.2, 0.25) is 17.4 Å². The van der Waals surface area contributed by atoms with Crippen LogP contribution in [0.4, 0.5) is 14.9 Å². The molecule has 6 rings (SSSR count). The van der Waals surface area contributed by atoms with Crippen LogP contribution in [0.2, 0.25) is 0 Å². The number of hydrogen-bond acceptors (Lipinski definition) is 9. The van der Waals surface area contributed by atoms with Crippen molar-refractivity contribution < 1.29 is 32.8 Å². The van der Waals surface area contributed by atoms with E-state index < -0.39 is 47.1 Å². The van der Waals surface area contributed by atoms with Crippen LogP contribution in [0.3, 0.4) is 0 Å². The van der Waals surface area contributed by atoms with Gasteiger partial charge in [0.05, 0.1) is 41.6 Å². The molecule has 38 heavy (non-hydrogen) atoms. The van der Waals surface area contributed by atoms with Gasteiger partial charge in [-0.15, -0.1) is 0 Å². The molecule has 14 heteroatoms. The van der Waals surface area contributed by atoms with Crippen LogP contribution in [0, 0.1) is 11.2 Å². The largest absolute Gasteiger partial charge is 0.372 e. The van der Waals surface area contributed by atoms with Crippen LogP contribution in [0.5, 0.6) is 0 Å². The van der Waals surface area contributed by atoms with Gasteiger partial charge in [0.15, 0.2) is 16.9 Å². The molecule has 0 aliphatic carbocycles. The summed E-state index contributed by atoms with van der Waals surface area (Å²) in [5, 5.41) is 15.1. The number of benzene rings is 1. The predicted octanol–water partition coefficient (Wildman–Crippen LogP) is 0.521. The molecule has 3 aliphatic rings. The molecular formula is C24H24FN7O6. The van der Waals surface area contributed by atoms with E-state index >= 15 is 4.39 Å². The minimum Gasteiger partial charge on any atom is -0.372 e. The van der Waals surface area contributed by atoms with Gasteiger partial charge in [0, 0.05) is 26.2 Å². The lowest BCUT2D eigenvalue weighted by atomic mass is 9.66. The summed E-state index contributed by atoms with van der Waals surface area (Å²) in [7, 11) is 1.73. The number of rotatable bonds is 3. The fourth-order valence-electron chi connectivity index (χ4n) is 5.94. The first kappa shape index (κ1) is 24.0. The van der Waals surface area contributed by atoms with Crippen molar-refractivity contribution in [1.29, 1.82) is 0 Å². The molecule has 0 radical (unpaired) electrons. The van der Waals surface area contributed by atoms with Crippen LogP contribution in [0.15, 0.2) is 22.9 Å². The van der Waals surface area contributed by atoms with Gasteiger partial charge in [-0.2, -0.15) is 5.10 Å². The van der Waals surface area contributed by atoms with Gasteiger partial charge in [-0.3, -0.25) is 29.7 Å². The number of aromatic nitrogens is 3. The van der Waals surface area contributed by atoms with Crippen LogP contribution in [-0.2, 0) is 34.3 Å². The molecule has 13 nitrogen and oxygen atoms in total. The van der Waals surface area contributed by atoms with E-state index in [1.807, 2.05) is 0 Å². The van der Waals surface area contributed by atoms with Gasteiger partial charge in [0.1, 0.15) is 0 Å². The molecule has 198 valence electrons. The first-order chi connectivity index (χ1) is 18.1. The molecule has 0 bridgehead atoms. The van der Waals surface area contributed by atoms with E-state index in [1.165, 1.54) is 6.07 Å². The number of imide groups is 2. The Balaban J connectivity index is 1.46. The SMILES string of the molecule is C[C@@H]1CN2c3c(cc4c(C(=O)NCc5ccnn5C)noc4c3F)CC3(C(=O)NC(=O)NC3=O)[C@H]2[C@H](C)O1. The fourth-order valence-corrected chi connectivity index (χ4v) is 5.94. The highest BCUT2D eigenvalue weighted by atomic mass is 19.1. The quantitative estimate of drug-likeness (QED) is 0.414. The summed E-state index contributed by atoms with van der Waals surface area (Å²) in [5.74, 6) is -2.95. The third-order valence-electron chi connectivity index (χ3n) is 7.53. The minimum absolute atomic E-state index is 0.0967. The number of halogens is 1. The first-order valence-electron chi connectivity index (χ1n) is 12.1. The highest BCUT2D eigenvalue weighted by Gasteiger charge is 2.63. The Kier molecular flexibility index (Phi) is 5.28. The third kappa shape index (κ3) is 3.32. The summed E-state index contributed by atoms with van der Waals surface area (Å²) < 4.78 is 28.9. The highest BCUT2D eigenvalue weighted by Crippen LogP contribution is 2.49. The molecular weight excluding hydrogens is 501 g/mol. The van der Waals surface area contributed by atoms with Gasteiger partial charge in [-0.1, -0.05) is 5.16 Å². The topological polar surface area (TPSA) is 161 Å². The molecule has 0 unspecified atom stereocenters. The number of ether oxygens (including phenoxy) is 1. The van der Waals surface area contributed by atoms with Crippen LogP contribution in [0.1, 0.15) is 35.6 Å². The van der Waals surface area contributed by atoms with Crippen LogP contribution < -0.4 is 20.9 Å². The van der Waals surface area contributed by atoms with Crippen molar-refractivity contribution >= 4 is 40.4 Å². The molecule has 0 saturated carbocycles. The highest BCUT2D eigenvalue weighted by molar-refractivity contribution is 6.20. The van der Waals surface area contributed by atoms with Crippen molar-refractivity contribution in [3.63, 3.8) is 0 Å². The second-order valence-corrected chi connectivity index (χ2v) is 9.87. The van der Waals surface area contributed by atoms with Crippen molar-refractivity contribution in [2.75, 3.05) is 11.4 Å². The zero-order chi connectivity index (χ0) is 26.9. The van der Waals surface area contributed by atoms with E-state index in [4.69, 9.17) is 9.26 Å². The van der Waals surface area contributed by atoms with Crippen molar-refractivity contribution in [3.05, 3.63) is 41.1 Å².